The highest BCUT2D eigenvalue weighted by atomic mass is 19.1. The molecular formula is C47H56F4N10O5. The van der Waals surface area contributed by atoms with Gasteiger partial charge in [0.05, 0.1) is 38.4 Å². The van der Waals surface area contributed by atoms with Gasteiger partial charge in [0.2, 0.25) is 0 Å². The number of pyridine rings is 2. The molecule has 10 rings (SSSR count). The molecule has 0 radical (unpaired) electrons. The molecule has 15 nitrogen and oxygen atoms in total. The fourth-order valence-corrected chi connectivity index (χ4v) is 9.30. The van der Waals surface area contributed by atoms with Crippen LogP contribution in [0, 0.1) is 45.2 Å². The van der Waals surface area contributed by atoms with Crippen LogP contribution in [-0.2, 0) is 4.74 Å². The van der Waals surface area contributed by atoms with Crippen LogP contribution in [0.4, 0.5) is 29.2 Å². The van der Waals surface area contributed by atoms with Crippen molar-refractivity contribution in [2.45, 2.75) is 96.7 Å². The molecule has 4 fully saturated rings. The van der Waals surface area contributed by atoms with Crippen LogP contribution in [0.2, 0.25) is 0 Å². The second-order valence-corrected chi connectivity index (χ2v) is 17.8. The summed E-state index contributed by atoms with van der Waals surface area (Å²) in [6, 6.07) is 5.94. The number of halogens is 4. The largest absolute Gasteiger partial charge is 0.497 e. The van der Waals surface area contributed by atoms with Crippen LogP contribution in [0.15, 0.2) is 33.3 Å². The number of ether oxygens (including phenoxy) is 3. The molecule has 0 amide bonds. The van der Waals surface area contributed by atoms with Crippen molar-refractivity contribution in [3.63, 3.8) is 0 Å². The van der Waals surface area contributed by atoms with E-state index in [-0.39, 0.29) is 54.0 Å². The molecule has 3 aliphatic heterocycles. The molecule has 2 aromatic carbocycles. The fraction of sp³-hybridized carbons (Fsp3) is 0.532. The van der Waals surface area contributed by atoms with Crippen LogP contribution < -0.4 is 29.9 Å². The lowest BCUT2D eigenvalue weighted by Crippen LogP contribution is -2.54. The number of aryl methyl sites for hydroxylation is 4. The van der Waals surface area contributed by atoms with Gasteiger partial charge in [-0.1, -0.05) is 10.3 Å². The Kier molecular flexibility index (Phi) is 13.3. The average Bonchev–Trinajstić information content (AvgIpc) is 3.89. The molecule has 0 spiro atoms. The first-order valence-electron chi connectivity index (χ1n) is 22.7. The fourth-order valence-electron chi connectivity index (χ4n) is 9.30. The maximum atomic E-state index is 15.4. The molecule has 4 aromatic heterocycles. The summed E-state index contributed by atoms with van der Waals surface area (Å²) in [5.74, 6) is 2.92. The lowest BCUT2D eigenvalue weighted by Gasteiger charge is -2.39. The summed E-state index contributed by atoms with van der Waals surface area (Å²) in [7, 11) is 2.97. The molecule has 1 saturated carbocycles. The first kappa shape index (κ1) is 45.5. The van der Waals surface area contributed by atoms with Gasteiger partial charge in [-0.15, -0.1) is 0 Å². The zero-order chi connectivity index (χ0) is 46.2. The Morgan fingerprint density at radius 3 is 1.56 bits per heavy atom. The van der Waals surface area contributed by atoms with Crippen LogP contribution in [0.1, 0.15) is 61.3 Å². The van der Waals surface area contributed by atoms with Crippen LogP contribution in [0.25, 0.3) is 44.7 Å². The minimum Gasteiger partial charge on any atom is -0.497 e. The minimum absolute atomic E-state index is 0.136. The molecule has 0 bridgehead atoms. The molecule has 7 heterocycles. The van der Waals surface area contributed by atoms with Gasteiger partial charge < -0.3 is 43.7 Å². The lowest BCUT2D eigenvalue weighted by molar-refractivity contribution is 0.0684. The number of benzene rings is 2. The molecule has 1 aliphatic carbocycles. The van der Waals surface area contributed by atoms with Crippen molar-refractivity contribution in [1.82, 2.24) is 40.9 Å². The van der Waals surface area contributed by atoms with E-state index in [1.165, 1.54) is 39.2 Å². The Balaban J connectivity index is 0.000000166. The average molecular weight is 917 g/mol. The van der Waals surface area contributed by atoms with Crippen LogP contribution in [-0.4, -0.2) is 121 Å². The standard InChI is InChI=1S/C24H29F2N5O3.C23H27F2N5O2/c1-13-17-10-16(32-3)11-18(25)22(17)29-23(21(13)24-27-14(2)30-34-24)31-7-4-20(19(26)12-31)28-15-5-8-33-9-6-15;1-12-16-8-15(31-3)9-17(24)21(16)28-22(20(12)23-27-13(2)29-32-23)30-7-6-19(18(25)11-30)26-10-14-4-5-14/h10-11,15,19-20,28H,4-9,12H2,1-3H3;8-9,14,18-19,26H,4-7,10-11H2,1-3H3/t19-,20+;18-,19+/m00/s1. The summed E-state index contributed by atoms with van der Waals surface area (Å²) < 4.78 is 87.2. The molecule has 6 aromatic rings. The number of anilines is 2. The van der Waals surface area contributed by atoms with Gasteiger partial charge in [0.25, 0.3) is 11.8 Å². The van der Waals surface area contributed by atoms with Crippen LogP contribution in [0.3, 0.4) is 0 Å². The van der Waals surface area contributed by atoms with Gasteiger partial charge in [0, 0.05) is 67.3 Å². The molecule has 4 aliphatic rings. The number of aromatic nitrogens is 6. The van der Waals surface area contributed by atoms with Crippen molar-refractivity contribution < 1.29 is 40.8 Å². The number of hydrogen-bond acceptors (Lipinski definition) is 15. The molecule has 3 saturated heterocycles. The van der Waals surface area contributed by atoms with E-state index in [0.717, 1.165) is 30.5 Å². The van der Waals surface area contributed by atoms with E-state index < -0.39 is 24.0 Å². The Labute approximate surface area is 380 Å². The van der Waals surface area contributed by atoms with Gasteiger partial charge in [0.15, 0.2) is 23.3 Å². The predicted octanol–water partition coefficient (Wildman–Crippen LogP) is 7.70. The molecule has 0 unspecified atom stereocenters. The number of fused-ring (bicyclic) bond motifs is 2. The highest BCUT2D eigenvalue weighted by Crippen LogP contribution is 2.41. The number of piperidine rings is 2. The Bertz CT molecular complexity index is 2690. The molecular weight excluding hydrogens is 861 g/mol. The Morgan fingerprint density at radius 2 is 1.14 bits per heavy atom. The zero-order valence-electron chi connectivity index (χ0n) is 38.1. The molecule has 352 valence electrons. The third-order valence-corrected chi connectivity index (χ3v) is 13.2. The second-order valence-electron chi connectivity index (χ2n) is 17.8. The normalized spacial score (nSPS) is 21.6. The van der Waals surface area contributed by atoms with E-state index in [0.29, 0.717) is 102 Å². The van der Waals surface area contributed by atoms with Crippen molar-refractivity contribution in [1.29, 1.82) is 0 Å². The summed E-state index contributed by atoms with van der Waals surface area (Å²) in [5.41, 5.74) is 3.05. The van der Waals surface area contributed by atoms with Crippen molar-refractivity contribution in [2.24, 2.45) is 5.92 Å². The van der Waals surface area contributed by atoms with Gasteiger partial charge in [-0.25, -0.2) is 27.5 Å². The summed E-state index contributed by atoms with van der Waals surface area (Å²) in [4.78, 5) is 21.8. The maximum Gasteiger partial charge on any atom is 0.261 e. The van der Waals surface area contributed by atoms with Gasteiger partial charge in [-0.05, 0) is 102 Å². The second kappa shape index (κ2) is 19.3. The third-order valence-electron chi connectivity index (χ3n) is 13.2. The molecule has 19 heteroatoms. The molecule has 66 heavy (non-hydrogen) atoms. The highest BCUT2D eigenvalue weighted by Gasteiger charge is 2.36. The quantitative estimate of drug-likeness (QED) is 0.122. The topological polar surface area (TPSA) is 162 Å². The van der Waals surface area contributed by atoms with Crippen molar-refractivity contribution >= 4 is 33.4 Å². The van der Waals surface area contributed by atoms with Crippen LogP contribution >= 0.6 is 0 Å². The van der Waals surface area contributed by atoms with Gasteiger partial charge in [-0.3, -0.25) is 0 Å². The SMILES string of the molecule is COc1cc(F)c2nc(N3CC[C@@H](NC4CCOCC4)[C@@H](F)C3)c(-c3nc(C)no3)c(C)c2c1.COc1cc(F)c2nc(N3CC[C@@H](NCC4CC4)[C@@H](F)C3)c(-c3nc(C)no3)c(C)c2c1. The van der Waals surface area contributed by atoms with Gasteiger partial charge >= 0.3 is 0 Å². The lowest BCUT2D eigenvalue weighted by atomic mass is 9.98. The van der Waals surface area contributed by atoms with Crippen molar-refractivity contribution in [2.75, 3.05) is 70.0 Å². The summed E-state index contributed by atoms with van der Waals surface area (Å²) in [6.07, 6.45) is 3.32. The van der Waals surface area contributed by atoms with E-state index in [9.17, 15) is 8.78 Å². The Hall–Kier alpha value is -5.66. The van der Waals surface area contributed by atoms with E-state index in [1.54, 1.807) is 26.0 Å². The van der Waals surface area contributed by atoms with Crippen LogP contribution in [0.5, 0.6) is 11.5 Å². The predicted molar refractivity (Wildman–Crippen MR) is 241 cm³/mol. The number of methoxy groups -OCH3 is 2. The molecule has 4 atom stereocenters. The zero-order valence-corrected chi connectivity index (χ0v) is 38.1. The number of hydrogen-bond donors (Lipinski definition) is 2. The van der Waals surface area contributed by atoms with Crippen molar-refractivity contribution in [3.8, 4) is 34.4 Å². The van der Waals surface area contributed by atoms with Crippen molar-refractivity contribution in [3.05, 3.63) is 58.7 Å². The van der Waals surface area contributed by atoms with E-state index in [1.807, 2.05) is 23.6 Å². The van der Waals surface area contributed by atoms with E-state index in [4.69, 9.17) is 23.3 Å². The van der Waals surface area contributed by atoms with Gasteiger partial charge in [0.1, 0.15) is 46.5 Å². The number of alkyl halides is 2. The maximum absolute atomic E-state index is 15.4. The number of rotatable bonds is 11. The number of nitrogens with one attached hydrogen (secondary N) is 2. The van der Waals surface area contributed by atoms with E-state index >= 15 is 8.78 Å². The summed E-state index contributed by atoms with van der Waals surface area (Å²) in [5, 5.41) is 15.9. The third kappa shape index (κ3) is 9.47. The Morgan fingerprint density at radius 1 is 0.652 bits per heavy atom. The molecule has 2 N–H and O–H groups in total. The minimum atomic E-state index is -1.10. The highest BCUT2D eigenvalue weighted by molar-refractivity contribution is 5.94. The monoisotopic (exact) mass is 916 g/mol. The summed E-state index contributed by atoms with van der Waals surface area (Å²) >= 11 is 0. The number of nitrogens with zero attached hydrogens (tertiary/aromatic N) is 8. The first-order valence-corrected chi connectivity index (χ1v) is 22.7. The summed E-state index contributed by atoms with van der Waals surface area (Å²) in [6.45, 7) is 10.9. The smallest absolute Gasteiger partial charge is 0.261 e. The van der Waals surface area contributed by atoms with Gasteiger partial charge in [-0.2, -0.15) is 9.97 Å². The van der Waals surface area contributed by atoms with E-state index in [2.05, 4.69) is 40.9 Å². The first-order chi connectivity index (χ1) is 31.9.